The number of para-hydroxylation sites is 1. The van der Waals surface area contributed by atoms with Gasteiger partial charge in [-0.2, -0.15) is 0 Å². The Morgan fingerprint density at radius 1 is 1.26 bits per heavy atom. The summed E-state index contributed by atoms with van der Waals surface area (Å²) in [6, 6.07) is 6.60. The number of nitrogens with zero attached hydrogens (tertiary/aromatic N) is 2. The third-order valence-corrected chi connectivity index (χ3v) is 6.95. The molecule has 2 unspecified atom stereocenters. The summed E-state index contributed by atoms with van der Waals surface area (Å²) in [5.41, 5.74) is 3.60. The summed E-state index contributed by atoms with van der Waals surface area (Å²) in [5.74, 6) is -0.131. The molecule has 2 aliphatic rings. The monoisotopic (exact) mass is 467 g/mol. The lowest BCUT2D eigenvalue weighted by molar-refractivity contribution is -0.127. The van der Waals surface area contributed by atoms with Crippen LogP contribution in [0.5, 0.6) is 0 Å². The molecule has 2 aromatic rings. The number of aromatic nitrogens is 1. The first-order chi connectivity index (χ1) is 16.4. The van der Waals surface area contributed by atoms with E-state index in [4.69, 9.17) is 4.52 Å². The summed E-state index contributed by atoms with van der Waals surface area (Å²) in [4.78, 5) is 40.3. The van der Waals surface area contributed by atoms with Crippen molar-refractivity contribution >= 4 is 23.4 Å². The lowest BCUT2D eigenvalue weighted by Crippen LogP contribution is -2.55. The van der Waals surface area contributed by atoms with Crippen LogP contribution in [0.25, 0.3) is 0 Å². The van der Waals surface area contributed by atoms with E-state index in [0.29, 0.717) is 25.1 Å². The highest BCUT2D eigenvalue weighted by atomic mass is 16.5. The van der Waals surface area contributed by atoms with E-state index in [2.05, 4.69) is 35.0 Å². The van der Waals surface area contributed by atoms with Crippen molar-refractivity contribution in [2.75, 3.05) is 11.4 Å². The first-order valence-electron chi connectivity index (χ1n) is 12.0. The van der Waals surface area contributed by atoms with E-state index >= 15 is 0 Å². The molecule has 0 fully saturated rings. The van der Waals surface area contributed by atoms with Crippen LogP contribution >= 0.6 is 0 Å². The van der Waals surface area contributed by atoms with Crippen LogP contribution in [0.3, 0.4) is 0 Å². The van der Waals surface area contributed by atoms with Crippen molar-refractivity contribution < 1.29 is 18.9 Å². The van der Waals surface area contributed by atoms with E-state index in [1.807, 2.05) is 18.2 Å². The van der Waals surface area contributed by atoms with Crippen LogP contribution in [0, 0.1) is 5.92 Å². The average Bonchev–Trinajstić information content (AvgIpc) is 3.45. The number of anilines is 1. The maximum absolute atomic E-state index is 13.8. The molecule has 2 aliphatic heterocycles. The molecule has 1 aromatic carbocycles. The van der Waals surface area contributed by atoms with Gasteiger partial charge in [-0.05, 0) is 29.9 Å². The molecule has 34 heavy (non-hydrogen) atoms. The van der Waals surface area contributed by atoms with E-state index in [0.717, 1.165) is 29.7 Å². The maximum atomic E-state index is 13.8. The Balaban J connectivity index is 1.52. The topological polar surface area (TPSA) is 117 Å². The Hall–Kier alpha value is -3.20. The van der Waals surface area contributed by atoms with Gasteiger partial charge >= 0.3 is 0 Å². The largest absolute Gasteiger partial charge is 0.364 e. The molecule has 0 saturated carbocycles. The van der Waals surface area contributed by atoms with Gasteiger partial charge in [0.15, 0.2) is 0 Å². The van der Waals surface area contributed by atoms with Gasteiger partial charge in [-0.1, -0.05) is 43.6 Å². The quantitative estimate of drug-likeness (QED) is 0.517. The number of carbonyl (C=O) groups excluding carboxylic acids is 3. The van der Waals surface area contributed by atoms with Gasteiger partial charge in [0.05, 0.1) is 18.3 Å². The number of nitrogens with one attached hydrogen (secondary N) is 3. The minimum absolute atomic E-state index is 0.0726. The standard InChI is InChI=1S/C25H33N5O4/c1-4-15(2)21(28-16(3)31)14-26-20-9-8-17-6-5-7-18-12-22(30(23(17)18)25(20)33)24(32)27-13-19-10-11-34-29-19/h5-7,10-11,15,20-22,26H,4,8-9,12-14H2,1-3H3,(H,27,32)(H,28,31)/t15?,20-,21?,22-/m0/s1. The summed E-state index contributed by atoms with van der Waals surface area (Å²) in [5, 5.41) is 13.1. The Morgan fingerprint density at radius 2 is 2.06 bits per heavy atom. The minimum atomic E-state index is -0.612. The summed E-state index contributed by atoms with van der Waals surface area (Å²) < 4.78 is 4.83. The lowest BCUT2D eigenvalue weighted by atomic mass is 9.98. The molecule has 0 saturated heterocycles. The Labute approximate surface area is 199 Å². The molecule has 9 heteroatoms. The molecule has 9 nitrogen and oxygen atoms in total. The number of carbonyl (C=O) groups is 3. The normalized spacial score (nSPS) is 20.9. The summed E-state index contributed by atoms with van der Waals surface area (Å²) in [6.07, 6.45) is 4.23. The van der Waals surface area contributed by atoms with Gasteiger partial charge in [0, 0.05) is 32.0 Å². The van der Waals surface area contributed by atoms with E-state index in [-0.39, 0.29) is 36.2 Å². The van der Waals surface area contributed by atoms with Crippen molar-refractivity contribution in [1.82, 2.24) is 21.1 Å². The van der Waals surface area contributed by atoms with Crippen molar-refractivity contribution in [3.63, 3.8) is 0 Å². The molecule has 0 bridgehead atoms. The molecule has 3 N–H and O–H groups in total. The fourth-order valence-corrected chi connectivity index (χ4v) is 4.86. The molecule has 0 aliphatic carbocycles. The van der Waals surface area contributed by atoms with E-state index in [1.165, 1.54) is 13.2 Å². The summed E-state index contributed by atoms with van der Waals surface area (Å²) in [7, 11) is 0. The Morgan fingerprint density at radius 3 is 2.76 bits per heavy atom. The zero-order valence-corrected chi connectivity index (χ0v) is 20.0. The van der Waals surface area contributed by atoms with E-state index in [1.54, 1.807) is 11.0 Å². The molecule has 4 rings (SSSR count). The van der Waals surface area contributed by atoms with Crippen molar-refractivity contribution in [3.8, 4) is 0 Å². The van der Waals surface area contributed by atoms with Crippen molar-refractivity contribution in [3.05, 3.63) is 47.3 Å². The number of rotatable bonds is 9. The van der Waals surface area contributed by atoms with Crippen LogP contribution in [0.1, 0.15) is 50.4 Å². The van der Waals surface area contributed by atoms with Crippen LogP contribution in [0.15, 0.2) is 35.1 Å². The van der Waals surface area contributed by atoms with Crippen molar-refractivity contribution in [1.29, 1.82) is 0 Å². The van der Waals surface area contributed by atoms with Crippen molar-refractivity contribution in [2.45, 2.75) is 71.1 Å². The predicted molar refractivity (Wildman–Crippen MR) is 127 cm³/mol. The Bertz CT molecular complexity index is 1040. The average molecular weight is 468 g/mol. The molecule has 1 aromatic heterocycles. The highest BCUT2D eigenvalue weighted by Crippen LogP contribution is 2.39. The van der Waals surface area contributed by atoms with Crippen LogP contribution < -0.4 is 20.9 Å². The second-order valence-electron chi connectivity index (χ2n) is 9.25. The molecule has 182 valence electrons. The number of hydrogen-bond acceptors (Lipinski definition) is 6. The van der Waals surface area contributed by atoms with Crippen LogP contribution in [-0.4, -0.2) is 47.5 Å². The van der Waals surface area contributed by atoms with Gasteiger partial charge in [0.1, 0.15) is 18.0 Å². The highest BCUT2D eigenvalue weighted by molar-refractivity contribution is 6.06. The molecule has 3 amide bonds. The smallest absolute Gasteiger partial charge is 0.244 e. The first kappa shape index (κ1) is 23.9. The van der Waals surface area contributed by atoms with E-state index < -0.39 is 12.1 Å². The van der Waals surface area contributed by atoms with Gasteiger partial charge in [-0.3, -0.25) is 19.3 Å². The van der Waals surface area contributed by atoms with Gasteiger partial charge in [-0.15, -0.1) is 0 Å². The third-order valence-electron chi connectivity index (χ3n) is 6.95. The second-order valence-corrected chi connectivity index (χ2v) is 9.25. The first-order valence-corrected chi connectivity index (χ1v) is 12.0. The zero-order valence-electron chi connectivity index (χ0n) is 20.0. The Kier molecular flexibility index (Phi) is 7.31. The van der Waals surface area contributed by atoms with Crippen molar-refractivity contribution in [2.24, 2.45) is 5.92 Å². The summed E-state index contributed by atoms with van der Waals surface area (Å²) in [6.45, 7) is 6.42. The SMILES string of the molecule is CCC(C)C(CN[C@H]1CCc2cccc3c2N(C1=O)[C@H](C(=O)NCc1ccon1)C3)NC(C)=O. The van der Waals surface area contributed by atoms with Gasteiger partial charge in [0.2, 0.25) is 17.7 Å². The molecule has 0 spiro atoms. The van der Waals surface area contributed by atoms with Gasteiger partial charge in [0.25, 0.3) is 0 Å². The highest BCUT2D eigenvalue weighted by Gasteiger charge is 2.43. The number of aryl methyl sites for hydroxylation is 1. The minimum Gasteiger partial charge on any atom is -0.364 e. The number of benzene rings is 1. The molecular weight excluding hydrogens is 434 g/mol. The number of hydrogen-bond donors (Lipinski definition) is 3. The van der Waals surface area contributed by atoms with Gasteiger partial charge < -0.3 is 20.5 Å². The van der Waals surface area contributed by atoms with E-state index in [9.17, 15) is 14.4 Å². The van der Waals surface area contributed by atoms with Crippen LogP contribution in [-0.2, 0) is 33.8 Å². The van der Waals surface area contributed by atoms with Crippen LogP contribution in [0.2, 0.25) is 0 Å². The number of amides is 3. The molecular formula is C25H33N5O4. The molecule has 3 heterocycles. The second kappa shape index (κ2) is 10.4. The zero-order chi connectivity index (χ0) is 24.2. The van der Waals surface area contributed by atoms with Gasteiger partial charge in [-0.25, -0.2) is 0 Å². The fourth-order valence-electron chi connectivity index (χ4n) is 4.86. The molecule has 4 atom stereocenters. The predicted octanol–water partition coefficient (Wildman–Crippen LogP) is 1.70. The van der Waals surface area contributed by atoms with Crippen LogP contribution in [0.4, 0.5) is 5.69 Å². The maximum Gasteiger partial charge on any atom is 0.244 e. The summed E-state index contributed by atoms with van der Waals surface area (Å²) >= 11 is 0. The fraction of sp³-hybridized carbons (Fsp3) is 0.520. The third kappa shape index (κ3) is 4.99. The molecule has 0 radical (unpaired) electrons. The lowest BCUT2D eigenvalue weighted by Gasteiger charge is -2.30.